The van der Waals surface area contributed by atoms with Gasteiger partial charge in [0.05, 0.1) is 0 Å². The van der Waals surface area contributed by atoms with E-state index in [2.05, 4.69) is 29.4 Å². The summed E-state index contributed by atoms with van der Waals surface area (Å²) in [5.41, 5.74) is 2.95. The van der Waals surface area contributed by atoms with Crippen molar-refractivity contribution in [3.05, 3.63) is 54.1 Å². The fourth-order valence-corrected chi connectivity index (χ4v) is 3.86. The molecule has 1 fully saturated rings. The number of nitrogens with one attached hydrogen (secondary N) is 2. The van der Waals surface area contributed by atoms with Crippen LogP contribution in [0.2, 0.25) is 0 Å². The average Bonchev–Trinajstić information content (AvgIpc) is 2.78. The Morgan fingerprint density at radius 1 is 1.06 bits per heavy atom. The van der Waals surface area contributed by atoms with Gasteiger partial charge < -0.3 is 19.9 Å². The van der Waals surface area contributed by atoms with Gasteiger partial charge in [-0.05, 0) is 67.0 Å². The van der Waals surface area contributed by atoms with Gasteiger partial charge in [-0.3, -0.25) is 14.9 Å². The molecule has 2 amide bonds. The zero-order valence-corrected chi connectivity index (χ0v) is 20.3. The minimum absolute atomic E-state index is 0.115. The SMILES string of the molecule is Cc1cccc(OCC(=O)NC(=S)Nc2ccc(N3CCN(C(=O)CC(C)C)CC3)cc2)c1. The van der Waals surface area contributed by atoms with Gasteiger partial charge in [-0.2, -0.15) is 0 Å². The molecule has 0 radical (unpaired) electrons. The second-order valence-corrected chi connectivity index (χ2v) is 9.03. The molecule has 0 unspecified atom stereocenters. The van der Waals surface area contributed by atoms with Gasteiger partial charge in [0.1, 0.15) is 5.75 Å². The number of amides is 2. The standard InChI is InChI=1S/C25H32N4O3S/c1-18(2)15-24(31)29-13-11-28(12-14-29)21-9-7-20(8-10-21)26-25(33)27-23(30)17-32-22-6-4-5-19(3)16-22/h4-10,16,18H,11-15,17H2,1-3H3,(H2,26,27,30,33). The van der Waals surface area contributed by atoms with Crippen molar-refractivity contribution < 1.29 is 14.3 Å². The summed E-state index contributed by atoms with van der Waals surface area (Å²) >= 11 is 5.24. The number of carbonyl (C=O) groups excluding carboxylic acids is 2. The Labute approximate surface area is 201 Å². The van der Waals surface area contributed by atoms with Crippen molar-refractivity contribution in [1.82, 2.24) is 10.2 Å². The summed E-state index contributed by atoms with van der Waals surface area (Å²) in [6.45, 7) is 9.10. The number of piperazine rings is 1. The highest BCUT2D eigenvalue weighted by atomic mass is 32.1. The van der Waals surface area contributed by atoms with E-state index in [1.54, 1.807) is 0 Å². The van der Waals surface area contributed by atoms with Crippen LogP contribution >= 0.6 is 12.2 Å². The van der Waals surface area contributed by atoms with Gasteiger partial charge >= 0.3 is 0 Å². The number of nitrogens with zero attached hydrogens (tertiary/aromatic N) is 2. The third-order valence-electron chi connectivity index (χ3n) is 5.32. The third kappa shape index (κ3) is 7.75. The fourth-order valence-electron chi connectivity index (χ4n) is 3.63. The molecule has 7 nitrogen and oxygen atoms in total. The van der Waals surface area contributed by atoms with E-state index in [9.17, 15) is 9.59 Å². The summed E-state index contributed by atoms with van der Waals surface area (Å²) in [6, 6.07) is 15.4. The topological polar surface area (TPSA) is 73.9 Å². The molecule has 1 saturated heterocycles. The van der Waals surface area contributed by atoms with E-state index in [1.165, 1.54) is 0 Å². The second kappa shape index (κ2) is 11.7. The maximum absolute atomic E-state index is 12.3. The smallest absolute Gasteiger partial charge is 0.264 e. The van der Waals surface area contributed by atoms with E-state index in [1.807, 2.05) is 60.4 Å². The predicted octanol–water partition coefficient (Wildman–Crippen LogP) is 3.58. The Bertz CT molecular complexity index is 970. The van der Waals surface area contributed by atoms with E-state index in [0.29, 0.717) is 18.1 Å². The van der Waals surface area contributed by atoms with Crippen LogP contribution in [0, 0.1) is 12.8 Å². The predicted molar refractivity (Wildman–Crippen MR) is 136 cm³/mol. The molecular weight excluding hydrogens is 436 g/mol. The number of ether oxygens (including phenoxy) is 1. The molecule has 33 heavy (non-hydrogen) atoms. The van der Waals surface area contributed by atoms with Crippen LogP contribution in [0.15, 0.2) is 48.5 Å². The number of hydrogen-bond donors (Lipinski definition) is 2. The van der Waals surface area contributed by atoms with E-state index >= 15 is 0 Å². The number of anilines is 2. The lowest BCUT2D eigenvalue weighted by molar-refractivity contribution is -0.132. The van der Waals surface area contributed by atoms with Crippen molar-refractivity contribution in [3.8, 4) is 5.75 Å². The number of carbonyl (C=O) groups is 2. The Balaban J connectivity index is 1.42. The molecular formula is C25H32N4O3S. The van der Waals surface area contributed by atoms with Crippen molar-refractivity contribution in [2.75, 3.05) is 43.0 Å². The first-order valence-corrected chi connectivity index (χ1v) is 11.6. The van der Waals surface area contributed by atoms with Crippen LogP contribution in [-0.4, -0.2) is 54.6 Å². The molecule has 2 aromatic rings. The van der Waals surface area contributed by atoms with Crippen LogP contribution in [0.5, 0.6) is 5.75 Å². The van der Waals surface area contributed by atoms with Crippen molar-refractivity contribution in [2.24, 2.45) is 5.92 Å². The molecule has 0 spiro atoms. The van der Waals surface area contributed by atoms with Crippen molar-refractivity contribution >= 4 is 40.5 Å². The summed E-state index contributed by atoms with van der Waals surface area (Å²) in [5.74, 6) is 0.941. The van der Waals surface area contributed by atoms with Crippen molar-refractivity contribution in [2.45, 2.75) is 27.2 Å². The molecule has 0 saturated carbocycles. The van der Waals surface area contributed by atoms with Gasteiger partial charge in [0.15, 0.2) is 11.7 Å². The molecule has 3 rings (SSSR count). The van der Waals surface area contributed by atoms with Crippen LogP contribution in [0.3, 0.4) is 0 Å². The van der Waals surface area contributed by atoms with Crippen LogP contribution in [0.1, 0.15) is 25.8 Å². The zero-order valence-electron chi connectivity index (χ0n) is 19.5. The van der Waals surface area contributed by atoms with Crippen LogP contribution < -0.4 is 20.3 Å². The third-order valence-corrected chi connectivity index (χ3v) is 5.52. The molecule has 1 heterocycles. The Hall–Kier alpha value is -3.13. The highest BCUT2D eigenvalue weighted by molar-refractivity contribution is 7.80. The lowest BCUT2D eigenvalue weighted by Crippen LogP contribution is -2.49. The Morgan fingerprint density at radius 3 is 2.39 bits per heavy atom. The number of rotatable bonds is 7. The number of thiocarbonyl (C=S) groups is 1. The molecule has 1 aliphatic rings. The number of hydrogen-bond acceptors (Lipinski definition) is 5. The first-order chi connectivity index (χ1) is 15.8. The highest BCUT2D eigenvalue weighted by Crippen LogP contribution is 2.20. The summed E-state index contributed by atoms with van der Waals surface area (Å²) in [5, 5.41) is 5.87. The molecule has 0 aromatic heterocycles. The Kier molecular flexibility index (Phi) is 8.65. The summed E-state index contributed by atoms with van der Waals surface area (Å²) < 4.78 is 5.49. The van der Waals surface area contributed by atoms with Gasteiger partial charge in [-0.1, -0.05) is 26.0 Å². The van der Waals surface area contributed by atoms with Crippen LogP contribution in [-0.2, 0) is 9.59 Å². The molecule has 0 atom stereocenters. The van der Waals surface area contributed by atoms with E-state index < -0.39 is 0 Å². The van der Waals surface area contributed by atoms with Gasteiger partial charge in [-0.15, -0.1) is 0 Å². The van der Waals surface area contributed by atoms with Gasteiger partial charge in [0.25, 0.3) is 5.91 Å². The maximum Gasteiger partial charge on any atom is 0.264 e. The summed E-state index contributed by atoms with van der Waals surface area (Å²) in [4.78, 5) is 28.6. The molecule has 8 heteroatoms. The van der Waals surface area contributed by atoms with Gasteiger partial charge in [0.2, 0.25) is 5.91 Å². The molecule has 176 valence electrons. The van der Waals surface area contributed by atoms with Crippen LogP contribution in [0.25, 0.3) is 0 Å². The van der Waals surface area contributed by atoms with Gasteiger partial charge in [0, 0.05) is 44.0 Å². The molecule has 1 aliphatic heterocycles. The Morgan fingerprint density at radius 2 is 1.76 bits per heavy atom. The fraction of sp³-hybridized carbons (Fsp3) is 0.400. The number of aryl methyl sites for hydroxylation is 1. The minimum Gasteiger partial charge on any atom is -0.484 e. The maximum atomic E-state index is 12.3. The van der Waals surface area contributed by atoms with Gasteiger partial charge in [-0.25, -0.2) is 0 Å². The second-order valence-electron chi connectivity index (χ2n) is 8.62. The van der Waals surface area contributed by atoms with Crippen molar-refractivity contribution in [3.63, 3.8) is 0 Å². The zero-order chi connectivity index (χ0) is 23.8. The lowest BCUT2D eigenvalue weighted by atomic mass is 10.1. The molecule has 2 aromatic carbocycles. The average molecular weight is 469 g/mol. The normalized spacial score (nSPS) is 13.6. The van der Waals surface area contributed by atoms with Crippen LogP contribution in [0.4, 0.5) is 11.4 Å². The van der Waals surface area contributed by atoms with E-state index in [-0.39, 0.29) is 23.5 Å². The quantitative estimate of drug-likeness (QED) is 0.605. The monoisotopic (exact) mass is 468 g/mol. The van der Waals surface area contributed by atoms with E-state index in [4.69, 9.17) is 17.0 Å². The van der Waals surface area contributed by atoms with Crippen molar-refractivity contribution in [1.29, 1.82) is 0 Å². The molecule has 0 bridgehead atoms. The summed E-state index contributed by atoms with van der Waals surface area (Å²) in [6.07, 6.45) is 0.606. The van der Waals surface area contributed by atoms with E-state index in [0.717, 1.165) is 43.1 Å². The highest BCUT2D eigenvalue weighted by Gasteiger charge is 2.21. The summed E-state index contributed by atoms with van der Waals surface area (Å²) in [7, 11) is 0. The first kappa shape index (κ1) is 24.5. The minimum atomic E-state index is -0.324. The molecule has 0 aliphatic carbocycles. The first-order valence-electron chi connectivity index (χ1n) is 11.2. The largest absolute Gasteiger partial charge is 0.484 e. The number of benzene rings is 2. The lowest BCUT2D eigenvalue weighted by Gasteiger charge is -2.36. The molecule has 2 N–H and O–H groups in total.